The maximum Gasteiger partial charge on any atom is 0.262 e. The van der Waals surface area contributed by atoms with Crippen molar-refractivity contribution in [1.82, 2.24) is 20.1 Å². The number of aliphatic hydroxyl groups excluding tert-OH is 1. The van der Waals surface area contributed by atoms with Gasteiger partial charge in [-0.05, 0) is 55.1 Å². The van der Waals surface area contributed by atoms with Crippen LogP contribution in [0.4, 0.5) is 0 Å². The van der Waals surface area contributed by atoms with Crippen LogP contribution in [0.15, 0.2) is 36.5 Å². The number of benzene rings is 1. The summed E-state index contributed by atoms with van der Waals surface area (Å²) in [6.07, 6.45) is 2.92. The van der Waals surface area contributed by atoms with Gasteiger partial charge >= 0.3 is 0 Å². The maximum absolute atomic E-state index is 13.1. The summed E-state index contributed by atoms with van der Waals surface area (Å²) >= 11 is 0. The van der Waals surface area contributed by atoms with Gasteiger partial charge in [0, 0.05) is 37.9 Å². The summed E-state index contributed by atoms with van der Waals surface area (Å²) in [7, 11) is 0. The van der Waals surface area contributed by atoms with Gasteiger partial charge in [0.15, 0.2) is 0 Å². The number of aromatic nitrogens is 1. The van der Waals surface area contributed by atoms with Gasteiger partial charge in [0.25, 0.3) is 11.8 Å². The van der Waals surface area contributed by atoms with Crippen molar-refractivity contribution < 1.29 is 24.3 Å². The third kappa shape index (κ3) is 3.94. The number of rotatable bonds is 5. The van der Waals surface area contributed by atoms with Crippen LogP contribution in [0.1, 0.15) is 45.5 Å². The minimum atomic E-state index is -0.983. The number of imide groups is 2. The van der Waals surface area contributed by atoms with Crippen molar-refractivity contribution in [3.05, 3.63) is 53.2 Å². The highest BCUT2D eigenvalue weighted by Gasteiger charge is 2.44. The fourth-order valence-electron chi connectivity index (χ4n) is 4.82. The standard InChI is InChI=1S/C24H24N4O5/c29-13-15-6-8-27(12-15)11-14-5-7-25-19(9-14)16-1-2-17-18(10-16)24(33)28(23(17)32)20-3-4-21(30)26-22(20)31/h1-2,5,7,9-10,15,20,29H,3-4,6,8,11-13H2,(H,26,30,31). The van der Waals surface area contributed by atoms with E-state index < -0.39 is 29.7 Å². The van der Waals surface area contributed by atoms with Crippen LogP contribution in [0.3, 0.4) is 0 Å². The smallest absolute Gasteiger partial charge is 0.262 e. The zero-order chi connectivity index (χ0) is 23.1. The number of hydrogen-bond acceptors (Lipinski definition) is 7. The molecular formula is C24H24N4O5. The van der Waals surface area contributed by atoms with Crippen LogP contribution in [0.25, 0.3) is 11.3 Å². The van der Waals surface area contributed by atoms with Gasteiger partial charge in [-0.25, -0.2) is 0 Å². The molecule has 1 aromatic heterocycles. The summed E-state index contributed by atoms with van der Waals surface area (Å²) in [5.74, 6) is -1.76. The first-order chi connectivity index (χ1) is 15.9. The molecule has 0 aliphatic carbocycles. The highest BCUT2D eigenvalue weighted by atomic mass is 16.3. The van der Waals surface area contributed by atoms with Crippen LogP contribution in [0, 0.1) is 5.92 Å². The van der Waals surface area contributed by atoms with E-state index in [0.29, 0.717) is 17.2 Å². The topological polar surface area (TPSA) is 120 Å². The van der Waals surface area contributed by atoms with Crippen LogP contribution < -0.4 is 5.32 Å². The van der Waals surface area contributed by atoms with Crippen molar-refractivity contribution in [2.45, 2.75) is 31.8 Å². The van der Waals surface area contributed by atoms with Crippen LogP contribution in [0.5, 0.6) is 0 Å². The van der Waals surface area contributed by atoms with E-state index in [1.165, 1.54) is 0 Å². The Kier molecular flexibility index (Phi) is 5.51. The lowest BCUT2D eigenvalue weighted by molar-refractivity contribution is -0.136. The molecule has 2 N–H and O–H groups in total. The van der Waals surface area contributed by atoms with Crippen molar-refractivity contribution in [1.29, 1.82) is 0 Å². The fourth-order valence-corrected chi connectivity index (χ4v) is 4.82. The molecule has 2 atom stereocenters. The van der Waals surface area contributed by atoms with E-state index in [1.807, 2.05) is 12.1 Å². The summed E-state index contributed by atoms with van der Waals surface area (Å²) in [4.78, 5) is 57.3. The Labute approximate surface area is 190 Å². The molecule has 0 bridgehead atoms. The quantitative estimate of drug-likeness (QED) is 0.654. The minimum Gasteiger partial charge on any atom is -0.396 e. The molecule has 170 valence electrons. The Morgan fingerprint density at radius 2 is 1.85 bits per heavy atom. The molecule has 0 radical (unpaired) electrons. The van der Waals surface area contributed by atoms with Crippen molar-refractivity contribution in [3.8, 4) is 11.3 Å². The zero-order valence-electron chi connectivity index (χ0n) is 18.0. The molecule has 5 rings (SSSR count). The number of nitrogens with zero attached hydrogens (tertiary/aromatic N) is 3. The molecule has 0 saturated carbocycles. The molecule has 33 heavy (non-hydrogen) atoms. The van der Waals surface area contributed by atoms with Gasteiger partial charge in [0.05, 0.1) is 16.8 Å². The first kappa shape index (κ1) is 21.4. The number of piperidine rings is 1. The Morgan fingerprint density at radius 1 is 1.03 bits per heavy atom. The molecule has 4 heterocycles. The van der Waals surface area contributed by atoms with Crippen LogP contribution in [-0.4, -0.2) is 69.3 Å². The Balaban J connectivity index is 1.38. The number of nitrogens with one attached hydrogen (secondary N) is 1. The molecule has 3 aliphatic heterocycles. The van der Waals surface area contributed by atoms with Gasteiger partial charge in [-0.15, -0.1) is 0 Å². The number of amides is 4. The van der Waals surface area contributed by atoms with E-state index in [0.717, 1.165) is 36.5 Å². The number of fused-ring (bicyclic) bond motifs is 1. The highest BCUT2D eigenvalue weighted by Crippen LogP contribution is 2.31. The van der Waals surface area contributed by atoms with Gasteiger partial charge in [0.1, 0.15) is 6.04 Å². The van der Waals surface area contributed by atoms with E-state index in [-0.39, 0.29) is 30.6 Å². The molecule has 3 aliphatic rings. The van der Waals surface area contributed by atoms with E-state index in [1.54, 1.807) is 24.4 Å². The van der Waals surface area contributed by atoms with Crippen molar-refractivity contribution >= 4 is 23.6 Å². The summed E-state index contributed by atoms with van der Waals surface area (Å²) in [6.45, 7) is 2.75. The van der Waals surface area contributed by atoms with Crippen LogP contribution in [0.2, 0.25) is 0 Å². The number of carbonyl (C=O) groups is 4. The molecule has 1 aromatic carbocycles. The third-order valence-corrected chi connectivity index (χ3v) is 6.59. The predicted molar refractivity (Wildman–Crippen MR) is 117 cm³/mol. The highest BCUT2D eigenvalue weighted by molar-refractivity contribution is 6.23. The molecule has 2 saturated heterocycles. The molecule has 0 spiro atoms. The second-order valence-electron chi connectivity index (χ2n) is 8.83. The Morgan fingerprint density at radius 3 is 2.61 bits per heavy atom. The average Bonchev–Trinajstić information content (AvgIpc) is 3.36. The molecule has 9 nitrogen and oxygen atoms in total. The molecule has 4 amide bonds. The lowest BCUT2D eigenvalue weighted by Gasteiger charge is -2.27. The molecule has 2 fully saturated rings. The first-order valence-electron chi connectivity index (χ1n) is 11.1. The van der Waals surface area contributed by atoms with E-state index >= 15 is 0 Å². The zero-order valence-corrected chi connectivity index (χ0v) is 18.0. The summed E-state index contributed by atoms with van der Waals surface area (Å²) < 4.78 is 0. The SMILES string of the molecule is O=C1CCC(N2C(=O)c3ccc(-c4cc(CN5CCC(CO)C5)ccn4)cc3C2=O)C(=O)N1. The lowest BCUT2D eigenvalue weighted by Crippen LogP contribution is -2.54. The largest absolute Gasteiger partial charge is 0.396 e. The van der Waals surface area contributed by atoms with Crippen molar-refractivity contribution in [2.24, 2.45) is 5.92 Å². The Bertz CT molecular complexity index is 1160. The summed E-state index contributed by atoms with van der Waals surface area (Å²) in [5.41, 5.74) is 2.95. The number of pyridine rings is 1. The molecule has 2 aromatic rings. The predicted octanol–water partition coefficient (Wildman–Crippen LogP) is 0.964. The normalized spacial score (nSPS) is 23.2. The van der Waals surface area contributed by atoms with Crippen LogP contribution in [-0.2, 0) is 16.1 Å². The maximum atomic E-state index is 13.1. The van der Waals surface area contributed by atoms with Gasteiger partial charge < -0.3 is 5.11 Å². The summed E-state index contributed by atoms with van der Waals surface area (Å²) in [6, 6.07) is 7.92. The number of carbonyl (C=O) groups excluding carboxylic acids is 4. The average molecular weight is 448 g/mol. The molecule has 9 heteroatoms. The molecule has 2 unspecified atom stereocenters. The van der Waals surface area contributed by atoms with Crippen molar-refractivity contribution in [2.75, 3.05) is 19.7 Å². The van der Waals surface area contributed by atoms with E-state index in [4.69, 9.17) is 0 Å². The second-order valence-corrected chi connectivity index (χ2v) is 8.83. The van der Waals surface area contributed by atoms with E-state index in [2.05, 4.69) is 15.2 Å². The van der Waals surface area contributed by atoms with Gasteiger partial charge in [0.2, 0.25) is 11.8 Å². The first-order valence-corrected chi connectivity index (χ1v) is 11.1. The minimum absolute atomic E-state index is 0.0852. The van der Waals surface area contributed by atoms with Gasteiger partial charge in [-0.1, -0.05) is 6.07 Å². The van der Waals surface area contributed by atoms with Gasteiger partial charge in [-0.3, -0.25) is 39.3 Å². The molecular weight excluding hydrogens is 424 g/mol. The fraction of sp³-hybridized carbons (Fsp3) is 0.375. The summed E-state index contributed by atoms with van der Waals surface area (Å²) in [5, 5.41) is 11.6. The van der Waals surface area contributed by atoms with Crippen LogP contribution >= 0.6 is 0 Å². The monoisotopic (exact) mass is 448 g/mol. The number of likely N-dealkylation sites (tertiary alicyclic amines) is 1. The van der Waals surface area contributed by atoms with E-state index in [9.17, 15) is 24.3 Å². The third-order valence-electron chi connectivity index (χ3n) is 6.59. The second kappa shape index (κ2) is 8.49. The Hall–Kier alpha value is -3.43. The number of aliphatic hydroxyl groups is 1. The van der Waals surface area contributed by atoms with Crippen molar-refractivity contribution in [3.63, 3.8) is 0 Å². The lowest BCUT2D eigenvalue weighted by atomic mass is 10.0. The number of hydrogen-bond donors (Lipinski definition) is 2. The van der Waals surface area contributed by atoms with Gasteiger partial charge in [-0.2, -0.15) is 0 Å².